The van der Waals surface area contributed by atoms with Crippen LogP contribution >= 0.6 is 0 Å². The van der Waals surface area contributed by atoms with Crippen molar-refractivity contribution in [3.8, 4) is 11.4 Å². The van der Waals surface area contributed by atoms with Gasteiger partial charge in [-0.05, 0) is 36.5 Å². The van der Waals surface area contributed by atoms with E-state index in [4.69, 9.17) is 9.97 Å². The van der Waals surface area contributed by atoms with E-state index in [0.717, 1.165) is 55.7 Å². The quantitative estimate of drug-likeness (QED) is 0.398. The summed E-state index contributed by atoms with van der Waals surface area (Å²) in [5.74, 6) is -2.25. The van der Waals surface area contributed by atoms with E-state index < -0.39 is 23.4 Å². The Kier molecular flexibility index (Phi) is 5.84. The lowest BCUT2D eigenvalue weighted by Crippen LogP contribution is -2.44. The van der Waals surface area contributed by atoms with Crippen LogP contribution in [0.5, 0.6) is 0 Å². The summed E-state index contributed by atoms with van der Waals surface area (Å²) in [7, 11) is 0. The molecule has 1 aliphatic heterocycles. The highest BCUT2D eigenvalue weighted by Gasteiger charge is 2.26. The fourth-order valence-corrected chi connectivity index (χ4v) is 4.64. The van der Waals surface area contributed by atoms with E-state index in [-0.39, 0.29) is 5.82 Å². The number of aromatic nitrogens is 5. The Labute approximate surface area is 205 Å². The van der Waals surface area contributed by atoms with Crippen LogP contribution in [0.15, 0.2) is 36.8 Å². The van der Waals surface area contributed by atoms with Crippen LogP contribution in [0.4, 0.5) is 30.6 Å². The van der Waals surface area contributed by atoms with Crippen LogP contribution in [0.2, 0.25) is 0 Å². The molecule has 2 N–H and O–H groups in total. The molecule has 2 aliphatic rings. The van der Waals surface area contributed by atoms with Gasteiger partial charge in [0.05, 0.1) is 11.7 Å². The Morgan fingerprint density at radius 3 is 2.58 bits per heavy atom. The number of rotatable bonds is 5. The van der Waals surface area contributed by atoms with Crippen molar-refractivity contribution in [3.05, 3.63) is 59.9 Å². The van der Waals surface area contributed by atoms with Gasteiger partial charge < -0.3 is 15.5 Å². The number of hydrogen-bond acceptors (Lipinski definition) is 8. The minimum absolute atomic E-state index is 0.193. The Morgan fingerprint density at radius 1 is 0.972 bits per heavy atom. The van der Waals surface area contributed by atoms with Gasteiger partial charge in [-0.15, -0.1) is 0 Å². The number of fused-ring (bicyclic) bond motifs is 1. The molecule has 0 spiro atoms. The Balaban J connectivity index is 1.43. The van der Waals surface area contributed by atoms with Crippen molar-refractivity contribution >= 4 is 28.4 Å². The van der Waals surface area contributed by atoms with Crippen LogP contribution in [0.3, 0.4) is 0 Å². The molecule has 0 aromatic carbocycles. The first kappa shape index (κ1) is 22.6. The molecule has 5 heterocycles. The van der Waals surface area contributed by atoms with Gasteiger partial charge in [0, 0.05) is 55.6 Å². The maximum atomic E-state index is 14.1. The molecule has 6 rings (SSSR count). The second-order valence-electron chi connectivity index (χ2n) is 9.00. The van der Waals surface area contributed by atoms with E-state index in [1.54, 1.807) is 18.3 Å². The molecule has 0 amide bonds. The van der Waals surface area contributed by atoms with Gasteiger partial charge in [-0.1, -0.05) is 6.42 Å². The van der Waals surface area contributed by atoms with Crippen molar-refractivity contribution in [2.75, 3.05) is 36.4 Å². The zero-order chi connectivity index (χ0) is 24.6. The van der Waals surface area contributed by atoms with Crippen LogP contribution in [0.25, 0.3) is 22.3 Å². The highest BCUT2D eigenvalue weighted by atomic mass is 19.2. The second kappa shape index (κ2) is 9.30. The van der Waals surface area contributed by atoms with E-state index in [1.165, 1.54) is 18.2 Å². The first-order chi connectivity index (χ1) is 17.6. The monoisotopic (exact) mass is 492 g/mol. The molecule has 0 unspecified atom stereocenters. The summed E-state index contributed by atoms with van der Waals surface area (Å²) in [4.78, 5) is 24.0. The Bertz CT molecular complexity index is 1440. The zero-order valence-electron chi connectivity index (χ0n) is 19.3. The summed E-state index contributed by atoms with van der Waals surface area (Å²) in [5.41, 5.74) is 2.58. The molecule has 36 heavy (non-hydrogen) atoms. The summed E-state index contributed by atoms with van der Waals surface area (Å²) in [5, 5.41) is 7.04. The summed E-state index contributed by atoms with van der Waals surface area (Å²) in [6.45, 7) is 3.37. The SMILES string of the molecule is Fc1cc(F)c(Nc2cc(-c3nc(N4CCNCC4)c4c(C5CCC5)cncc4n3)ccn2)nc1F. The van der Waals surface area contributed by atoms with E-state index in [9.17, 15) is 13.2 Å². The number of nitrogens with one attached hydrogen (secondary N) is 2. The Hall–Kier alpha value is -3.86. The highest BCUT2D eigenvalue weighted by molar-refractivity contribution is 5.94. The third kappa shape index (κ3) is 4.19. The van der Waals surface area contributed by atoms with Gasteiger partial charge in [-0.2, -0.15) is 9.37 Å². The maximum absolute atomic E-state index is 14.1. The Morgan fingerprint density at radius 2 is 1.81 bits per heavy atom. The fraction of sp³-hybridized carbons (Fsp3) is 0.320. The average Bonchev–Trinajstić information content (AvgIpc) is 2.86. The summed E-state index contributed by atoms with van der Waals surface area (Å²) in [6, 6.07) is 3.80. The number of pyridine rings is 3. The van der Waals surface area contributed by atoms with Crippen molar-refractivity contribution in [1.82, 2.24) is 30.2 Å². The van der Waals surface area contributed by atoms with Crippen LogP contribution in [0.1, 0.15) is 30.7 Å². The van der Waals surface area contributed by atoms with Crippen molar-refractivity contribution < 1.29 is 13.2 Å². The molecular formula is C25H23F3N8. The summed E-state index contributed by atoms with van der Waals surface area (Å²) in [6.07, 6.45) is 8.70. The van der Waals surface area contributed by atoms with E-state index >= 15 is 0 Å². The van der Waals surface area contributed by atoms with Crippen LogP contribution in [0, 0.1) is 17.6 Å². The second-order valence-corrected chi connectivity index (χ2v) is 9.00. The lowest BCUT2D eigenvalue weighted by atomic mass is 9.79. The summed E-state index contributed by atoms with van der Waals surface area (Å²) >= 11 is 0. The van der Waals surface area contributed by atoms with Crippen molar-refractivity contribution in [1.29, 1.82) is 0 Å². The minimum atomic E-state index is -1.40. The molecule has 4 aromatic rings. The number of piperazine rings is 1. The van der Waals surface area contributed by atoms with E-state index in [0.29, 0.717) is 23.4 Å². The normalized spacial score (nSPS) is 16.2. The molecule has 0 atom stereocenters. The van der Waals surface area contributed by atoms with Crippen molar-refractivity contribution in [2.24, 2.45) is 0 Å². The van der Waals surface area contributed by atoms with Gasteiger partial charge in [0.1, 0.15) is 11.6 Å². The van der Waals surface area contributed by atoms with Crippen LogP contribution in [-0.4, -0.2) is 51.1 Å². The molecule has 184 valence electrons. The molecule has 2 fully saturated rings. The van der Waals surface area contributed by atoms with Crippen LogP contribution < -0.4 is 15.5 Å². The van der Waals surface area contributed by atoms with Gasteiger partial charge in [-0.25, -0.2) is 23.7 Å². The highest BCUT2D eigenvalue weighted by Crippen LogP contribution is 2.42. The predicted octanol–water partition coefficient (Wildman–Crippen LogP) is 4.32. The molecular weight excluding hydrogens is 469 g/mol. The average molecular weight is 493 g/mol. The third-order valence-corrected chi connectivity index (χ3v) is 6.73. The number of halogens is 3. The first-order valence-corrected chi connectivity index (χ1v) is 11.9. The largest absolute Gasteiger partial charge is 0.353 e. The van der Waals surface area contributed by atoms with Crippen LogP contribution in [-0.2, 0) is 0 Å². The molecule has 4 aromatic heterocycles. The number of nitrogens with zero attached hydrogens (tertiary/aromatic N) is 6. The molecule has 1 aliphatic carbocycles. The lowest BCUT2D eigenvalue weighted by molar-refractivity contribution is 0.421. The summed E-state index contributed by atoms with van der Waals surface area (Å²) < 4.78 is 40.9. The molecule has 11 heteroatoms. The number of hydrogen-bond donors (Lipinski definition) is 2. The first-order valence-electron chi connectivity index (χ1n) is 11.9. The topological polar surface area (TPSA) is 91.8 Å². The molecule has 1 saturated heterocycles. The van der Waals surface area contributed by atoms with Crippen molar-refractivity contribution in [2.45, 2.75) is 25.2 Å². The maximum Gasteiger partial charge on any atom is 0.251 e. The lowest BCUT2D eigenvalue weighted by Gasteiger charge is -2.32. The number of anilines is 3. The smallest absolute Gasteiger partial charge is 0.251 e. The predicted molar refractivity (Wildman–Crippen MR) is 130 cm³/mol. The van der Waals surface area contributed by atoms with Gasteiger partial charge in [0.2, 0.25) is 0 Å². The van der Waals surface area contributed by atoms with Crippen molar-refractivity contribution in [3.63, 3.8) is 0 Å². The third-order valence-electron chi connectivity index (χ3n) is 6.73. The molecule has 0 bridgehead atoms. The fourth-order valence-electron chi connectivity index (χ4n) is 4.64. The standard InChI is InChI=1S/C25H23F3N8/c26-17-11-18(27)24(34-22(17)28)33-20-10-15(4-5-31-20)23-32-19-13-30-12-16(14-2-1-3-14)21(19)25(35-23)36-8-6-29-7-9-36/h4-5,10-14,29H,1-3,6-9H2,(H,31,33,34). The molecule has 0 radical (unpaired) electrons. The van der Waals surface area contributed by atoms with Gasteiger partial charge in [-0.3, -0.25) is 4.98 Å². The van der Waals surface area contributed by atoms with Gasteiger partial charge in [0.15, 0.2) is 23.3 Å². The molecule has 1 saturated carbocycles. The minimum Gasteiger partial charge on any atom is -0.353 e. The van der Waals surface area contributed by atoms with Gasteiger partial charge in [0.25, 0.3) is 5.95 Å². The van der Waals surface area contributed by atoms with E-state index in [1.807, 2.05) is 6.20 Å². The van der Waals surface area contributed by atoms with E-state index in [2.05, 4.69) is 30.5 Å². The molecule has 8 nitrogen and oxygen atoms in total. The van der Waals surface area contributed by atoms with Gasteiger partial charge >= 0.3 is 0 Å². The zero-order valence-corrected chi connectivity index (χ0v) is 19.3.